The molecule has 18 heavy (non-hydrogen) atoms. The average molecular weight is 251 g/mol. The summed E-state index contributed by atoms with van der Waals surface area (Å²) in [5.41, 5.74) is 1.72. The van der Waals surface area contributed by atoms with Crippen LogP contribution in [-0.2, 0) is 16.0 Å². The van der Waals surface area contributed by atoms with Gasteiger partial charge in [-0.15, -0.1) is 0 Å². The highest BCUT2D eigenvalue weighted by Gasteiger charge is 2.18. The molecule has 1 heterocycles. The number of ether oxygens (including phenoxy) is 1. The minimum absolute atomic E-state index is 0.0416. The summed E-state index contributed by atoms with van der Waals surface area (Å²) in [5, 5.41) is 3.19. The monoisotopic (exact) mass is 251 g/mol. The molecule has 0 bridgehead atoms. The van der Waals surface area contributed by atoms with Crippen LogP contribution in [0.15, 0.2) is 18.2 Å². The fourth-order valence-corrected chi connectivity index (χ4v) is 2.12. The highest BCUT2D eigenvalue weighted by atomic mass is 19.1. The molecule has 98 valence electrons. The molecular formula is C14H18FNO2. The Morgan fingerprint density at radius 1 is 1.56 bits per heavy atom. The Hall–Kier alpha value is -1.26. The second-order valence-corrected chi connectivity index (χ2v) is 4.69. The number of carbonyl (C=O) groups excluding carboxylic acids is 1. The van der Waals surface area contributed by atoms with E-state index in [1.165, 1.54) is 12.1 Å². The van der Waals surface area contributed by atoms with Gasteiger partial charge < -0.3 is 10.1 Å². The molecule has 1 N–H and O–H groups in total. The van der Waals surface area contributed by atoms with Crippen molar-refractivity contribution < 1.29 is 13.9 Å². The summed E-state index contributed by atoms with van der Waals surface area (Å²) >= 11 is 0. The number of Topliss-reactive ketones (excluding diaryl/α,β-unsaturated/α-hetero) is 1. The third kappa shape index (κ3) is 3.62. The number of morpholine rings is 1. The second-order valence-electron chi connectivity index (χ2n) is 4.69. The van der Waals surface area contributed by atoms with E-state index < -0.39 is 0 Å². The van der Waals surface area contributed by atoms with Gasteiger partial charge in [0.15, 0.2) is 0 Å². The largest absolute Gasteiger partial charge is 0.375 e. The topological polar surface area (TPSA) is 38.3 Å². The molecule has 0 radical (unpaired) electrons. The van der Waals surface area contributed by atoms with E-state index in [-0.39, 0.29) is 24.1 Å². The van der Waals surface area contributed by atoms with E-state index in [1.807, 2.05) is 6.92 Å². The van der Waals surface area contributed by atoms with Crippen molar-refractivity contribution in [3.8, 4) is 0 Å². The molecule has 0 aliphatic carbocycles. The second kappa shape index (κ2) is 6.07. The van der Waals surface area contributed by atoms with Crippen molar-refractivity contribution >= 4 is 5.78 Å². The highest BCUT2D eigenvalue weighted by molar-refractivity contribution is 5.81. The number of nitrogens with one attached hydrogen (secondary N) is 1. The van der Waals surface area contributed by atoms with Crippen molar-refractivity contribution in [3.05, 3.63) is 35.1 Å². The first-order valence-electron chi connectivity index (χ1n) is 6.24. The number of ketones is 1. The molecule has 1 fully saturated rings. The van der Waals surface area contributed by atoms with Gasteiger partial charge in [-0.05, 0) is 30.2 Å². The Bertz CT molecular complexity index is 428. The Morgan fingerprint density at radius 2 is 2.39 bits per heavy atom. The average Bonchev–Trinajstić information content (AvgIpc) is 2.35. The fourth-order valence-electron chi connectivity index (χ4n) is 2.12. The molecule has 0 aromatic heterocycles. The molecule has 1 atom stereocenters. The molecule has 1 aliphatic rings. The lowest BCUT2D eigenvalue weighted by Crippen LogP contribution is -2.39. The van der Waals surface area contributed by atoms with Gasteiger partial charge >= 0.3 is 0 Å². The van der Waals surface area contributed by atoms with Crippen molar-refractivity contribution in [3.63, 3.8) is 0 Å². The van der Waals surface area contributed by atoms with Crippen LogP contribution in [0, 0.1) is 12.7 Å². The number of hydrogen-bond donors (Lipinski definition) is 1. The van der Waals surface area contributed by atoms with Gasteiger partial charge in [0.05, 0.1) is 12.7 Å². The van der Waals surface area contributed by atoms with Crippen molar-refractivity contribution in [2.24, 2.45) is 0 Å². The molecule has 0 amide bonds. The lowest BCUT2D eigenvalue weighted by atomic mass is 10.00. The van der Waals surface area contributed by atoms with E-state index in [1.54, 1.807) is 6.07 Å². The zero-order valence-corrected chi connectivity index (χ0v) is 10.5. The van der Waals surface area contributed by atoms with Crippen molar-refractivity contribution in [2.45, 2.75) is 25.9 Å². The molecule has 1 unspecified atom stereocenters. The summed E-state index contributed by atoms with van der Waals surface area (Å²) in [6, 6.07) is 4.56. The molecule has 1 aromatic rings. The Balaban J connectivity index is 1.92. The van der Waals surface area contributed by atoms with Crippen LogP contribution in [0.4, 0.5) is 4.39 Å². The maximum absolute atomic E-state index is 13.1. The van der Waals surface area contributed by atoms with Crippen LogP contribution in [0.25, 0.3) is 0 Å². The van der Waals surface area contributed by atoms with Gasteiger partial charge in [0, 0.05) is 25.9 Å². The first kappa shape index (κ1) is 13.2. The number of aryl methyl sites for hydroxylation is 1. The maximum atomic E-state index is 13.1. The first-order chi connectivity index (χ1) is 8.65. The van der Waals surface area contributed by atoms with Gasteiger partial charge in [0.25, 0.3) is 0 Å². The van der Waals surface area contributed by atoms with E-state index in [0.29, 0.717) is 19.6 Å². The minimum Gasteiger partial charge on any atom is -0.375 e. The lowest BCUT2D eigenvalue weighted by molar-refractivity contribution is -0.121. The molecule has 2 rings (SSSR count). The van der Waals surface area contributed by atoms with Crippen LogP contribution >= 0.6 is 0 Å². The maximum Gasteiger partial charge on any atom is 0.139 e. The van der Waals surface area contributed by atoms with Crippen LogP contribution in [0.2, 0.25) is 0 Å². The zero-order valence-electron chi connectivity index (χ0n) is 10.5. The predicted octanol–water partition coefficient (Wildman–Crippen LogP) is 1.62. The molecule has 0 saturated carbocycles. The third-order valence-electron chi connectivity index (χ3n) is 3.16. The molecule has 1 saturated heterocycles. The molecule has 1 aliphatic heterocycles. The van der Waals surface area contributed by atoms with E-state index in [2.05, 4.69) is 5.32 Å². The summed E-state index contributed by atoms with van der Waals surface area (Å²) < 4.78 is 18.6. The Kier molecular flexibility index (Phi) is 4.44. The number of rotatable bonds is 4. The van der Waals surface area contributed by atoms with Gasteiger partial charge in [-0.3, -0.25) is 4.79 Å². The van der Waals surface area contributed by atoms with Crippen molar-refractivity contribution in [2.75, 3.05) is 19.7 Å². The summed E-state index contributed by atoms with van der Waals surface area (Å²) in [6.07, 6.45) is 0.631. The summed E-state index contributed by atoms with van der Waals surface area (Å²) in [4.78, 5) is 11.9. The zero-order chi connectivity index (χ0) is 13.0. The predicted molar refractivity (Wildman–Crippen MR) is 67.1 cm³/mol. The molecule has 0 spiro atoms. The number of hydrogen-bond acceptors (Lipinski definition) is 3. The van der Waals surface area contributed by atoms with Crippen LogP contribution in [0.1, 0.15) is 17.5 Å². The number of carbonyl (C=O) groups is 1. The number of benzene rings is 1. The summed E-state index contributed by atoms with van der Waals surface area (Å²) in [7, 11) is 0. The fraction of sp³-hybridized carbons (Fsp3) is 0.500. The van der Waals surface area contributed by atoms with Gasteiger partial charge in [-0.2, -0.15) is 0 Å². The molecular weight excluding hydrogens is 233 g/mol. The SMILES string of the molecule is Cc1ccc(F)cc1CC(=O)CC1CNCCO1. The highest BCUT2D eigenvalue weighted by Crippen LogP contribution is 2.13. The quantitative estimate of drug-likeness (QED) is 0.883. The standard InChI is InChI=1S/C14H18FNO2/c1-10-2-3-12(15)6-11(10)7-13(17)8-14-9-16-4-5-18-14/h2-3,6,14,16H,4-5,7-9H2,1H3. The van der Waals surface area contributed by atoms with Crippen LogP contribution in [-0.4, -0.2) is 31.6 Å². The van der Waals surface area contributed by atoms with E-state index in [4.69, 9.17) is 4.74 Å². The summed E-state index contributed by atoms with van der Waals surface area (Å²) in [6.45, 7) is 4.10. The van der Waals surface area contributed by atoms with E-state index >= 15 is 0 Å². The summed E-state index contributed by atoms with van der Waals surface area (Å²) in [5.74, 6) is -0.198. The molecule has 1 aromatic carbocycles. The minimum atomic E-state index is -0.293. The lowest BCUT2D eigenvalue weighted by Gasteiger charge is -2.23. The van der Waals surface area contributed by atoms with Gasteiger partial charge in [-0.1, -0.05) is 6.07 Å². The Morgan fingerprint density at radius 3 is 3.11 bits per heavy atom. The number of halogens is 1. The van der Waals surface area contributed by atoms with Crippen molar-refractivity contribution in [1.29, 1.82) is 0 Å². The molecule has 3 nitrogen and oxygen atoms in total. The normalized spacial score (nSPS) is 19.8. The van der Waals surface area contributed by atoms with Gasteiger partial charge in [-0.25, -0.2) is 4.39 Å². The van der Waals surface area contributed by atoms with E-state index in [9.17, 15) is 9.18 Å². The first-order valence-corrected chi connectivity index (χ1v) is 6.24. The van der Waals surface area contributed by atoms with Crippen LogP contribution < -0.4 is 5.32 Å². The molecule has 4 heteroatoms. The van der Waals surface area contributed by atoms with Crippen LogP contribution in [0.5, 0.6) is 0 Å². The smallest absolute Gasteiger partial charge is 0.139 e. The van der Waals surface area contributed by atoms with Gasteiger partial charge in [0.1, 0.15) is 11.6 Å². The van der Waals surface area contributed by atoms with Crippen molar-refractivity contribution in [1.82, 2.24) is 5.32 Å². The third-order valence-corrected chi connectivity index (χ3v) is 3.16. The van der Waals surface area contributed by atoms with Crippen LogP contribution in [0.3, 0.4) is 0 Å². The van der Waals surface area contributed by atoms with Gasteiger partial charge in [0.2, 0.25) is 0 Å². The Labute approximate surface area is 106 Å². The van der Waals surface area contributed by atoms with E-state index in [0.717, 1.165) is 17.7 Å².